The highest BCUT2D eigenvalue weighted by Crippen LogP contribution is 2.30. The molecule has 4 nitrogen and oxygen atoms in total. The van der Waals surface area contributed by atoms with E-state index in [-0.39, 0.29) is 27.7 Å². The standard InChI is InChI=1S/C15H9ClO4/c16-9-6-11(17)15-12(18)8-14(20-13(15)7-9)19-10-4-2-1-3-5-10/h1-8,17H. The van der Waals surface area contributed by atoms with Gasteiger partial charge in [-0.2, -0.15) is 0 Å². The molecule has 3 aromatic rings. The van der Waals surface area contributed by atoms with Gasteiger partial charge >= 0.3 is 0 Å². The van der Waals surface area contributed by atoms with Crippen LogP contribution >= 0.6 is 11.6 Å². The summed E-state index contributed by atoms with van der Waals surface area (Å²) in [6, 6.07) is 12.9. The third-order valence-electron chi connectivity index (χ3n) is 2.71. The molecule has 2 aromatic carbocycles. The van der Waals surface area contributed by atoms with Gasteiger partial charge in [0, 0.05) is 11.1 Å². The van der Waals surface area contributed by atoms with E-state index in [1.54, 1.807) is 24.3 Å². The minimum atomic E-state index is -0.397. The predicted octanol–water partition coefficient (Wildman–Crippen LogP) is 3.94. The monoisotopic (exact) mass is 288 g/mol. The van der Waals surface area contributed by atoms with Crippen molar-refractivity contribution in [2.45, 2.75) is 0 Å². The van der Waals surface area contributed by atoms with Crippen molar-refractivity contribution in [3.05, 3.63) is 63.8 Å². The van der Waals surface area contributed by atoms with Gasteiger partial charge in [-0.25, -0.2) is 0 Å². The zero-order valence-corrected chi connectivity index (χ0v) is 10.9. The van der Waals surface area contributed by atoms with Crippen LogP contribution in [0.4, 0.5) is 0 Å². The van der Waals surface area contributed by atoms with Gasteiger partial charge in [-0.1, -0.05) is 29.8 Å². The summed E-state index contributed by atoms with van der Waals surface area (Å²) >= 11 is 5.83. The van der Waals surface area contributed by atoms with E-state index in [1.165, 1.54) is 18.2 Å². The molecule has 0 aliphatic rings. The number of halogens is 1. The highest BCUT2D eigenvalue weighted by Gasteiger charge is 2.11. The lowest BCUT2D eigenvalue weighted by molar-refractivity contribution is 0.353. The first-order valence-corrected chi connectivity index (χ1v) is 6.20. The molecule has 0 fully saturated rings. The van der Waals surface area contributed by atoms with Crippen LogP contribution in [-0.4, -0.2) is 5.11 Å². The number of aromatic hydroxyl groups is 1. The minimum Gasteiger partial charge on any atom is -0.507 e. The lowest BCUT2D eigenvalue weighted by Crippen LogP contribution is -2.01. The van der Waals surface area contributed by atoms with Crippen molar-refractivity contribution in [3.63, 3.8) is 0 Å². The maximum Gasteiger partial charge on any atom is 0.294 e. The lowest BCUT2D eigenvalue weighted by Gasteiger charge is -2.06. The van der Waals surface area contributed by atoms with Crippen molar-refractivity contribution in [1.82, 2.24) is 0 Å². The van der Waals surface area contributed by atoms with E-state index in [1.807, 2.05) is 6.07 Å². The van der Waals surface area contributed by atoms with E-state index < -0.39 is 5.43 Å². The van der Waals surface area contributed by atoms with Crippen LogP contribution in [-0.2, 0) is 0 Å². The van der Waals surface area contributed by atoms with E-state index in [0.29, 0.717) is 5.75 Å². The summed E-state index contributed by atoms with van der Waals surface area (Å²) in [4.78, 5) is 12.0. The van der Waals surface area contributed by atoms with Crippen LogP contribution < -0.4 is 10.2 Å². The first-order chi connectivity index (χ1) is 9.63. The molecular formula is C15H9ClO4. The Morgan fingerprint density at radius 1 is 1.10 bits per heavy atom. The summed E-state index contributed by atoms with van der Waals surface area (Å²) in [6.07, 6.45) is 0. The molecule has 0 bridgehead atoms. The highest BCUT2D eigenvalue weighted by molar-refractivity contribution is 6.31. The molecule has 0 unspecified atom stereocenters. The molecule has 0 saturated carbocycles. The Morgan fingerprint density at radius 2 is 1.85 bits per heavy atom. The summed E-state index contributed by atoms with van der Waals surface area (Å²) in [6.45, 7) is 0. The zero-order chi connectivity index (χ0) is 14.1. The number of hydrogen-bond donors (Lipinski definition) is 1. The molecule has 0 aliphatic carbocycles. The number of phenols is 1. The molecule has 0 amide bonds. The van der Waals surface area contributed by atoms with Crippen molar-refractivity contribution in [2.24, 2.45) is 0 Å². The van der Waals surface area contributed by atoms with Gasteiger partial charge in [0.1, 0.15) is 22.5 Å². The van der Waals surface area contributed by atoms with Crippen molar-refractivity contribution >= 4 is 22.6 Å². The largest absolute Gasteiger partial charge is 0.507 e. The van der Waals surface area contributed by atoms with Crippen LogP contribution in [0, 0.1) is 0 Å². The van der Waals surface area contributed by atoms with Gasteiger partial charge < -0.3 is 14.3 Å². The molecule has 5 heteroatoms. The molecule has 3 rings (SSSR count). The summed E-state index contributed by atoms with van der Waals surface area (Å²) in [5.74, 6) is 0.365. The Kier molecular flexibility index (Phi) is 3.08. The number of para-hydroxylation sites is 1. The van der Waals surface area contributed by atoms with Crippen LogP contribution in [0.3, 0.4) is 0 Å². The molecule has 1 N–H and O–H groups in total. The number of phenolic OH excluding ortho intramolecular Hbond substituents is 1. The quantitative estimate of drug-likeness (QED) is 0.776. The second-order valence-corrected chi connectivity index (χ2v) is 4.58. The first-order valence-electron chi connectivity index (χ1n) is 5.83. The Balaban J connectivity index is 2.12. The fourth-order valence-electron chi connectivity index (χ4n) is 1.87. The fourth-order valence-corrected chi connectivity index (χ4v) is 2.07. The van der Waals surface area contributed by atoms with Crippen molar-refractivity contribution in [3.8, 4) is 17.4 Å². The Hall–Kier alpha value is -2.46. The van der Waals surface area contributed by atoms with Crippen LogP contribution in [0.25, 0.3) is 11.0 Å². The fraction of sp³-hybridized carbons (Fsp3) is 0. The van der Waals surface area contributed by atoms with Gasteiger partial charge in [0.05, 0.1) is 6.07 Å². The van der Waals surface area contributed by atoms with Gasteiger partial charge in [-0.05, 0) is 18.2 Å². The average molecular weight is 289 g/mol. The van der Waals surface area contributed by atoms with Gasteiger partial charge in [0.2, 0.25) is 0 Å². The molecule has 0 spiro atoms. The molecule has 0 atom stereocenters. The normalized spacial score (nSPS) is 10.7. The van der Waals surface area contributed by atoms with Gasteiger partial charge in [-0.3, -0.25) is 4.79 Å². The Morgan fingerprint density at radius 3 is 2.60 bits per heavy atom. The van der Waals surface area contributed by atoms with Crippen molar-refractivity contribution in [1.29, 1.82) is 0 Å². The number of benzene rings is 2. The molecule has 0 saturated heterocycles. The molecule has 1 heterocycles. The number of fused-ring (bicyclic) bond motifs is 1. The molecule has 20 heavy (non-hydrogen) atoms. The van der Waals surface area contributed by atoms with Crippen LogP contribution in [0.2, 0.25) is 5.02 Å². The third kappa shape index (κ3) is 2.33. The second-order valence-electron chi connectivity index (χ2n) is 4.14. The topological polar surface area (TPSA) is 59.7 Å². The number of ether oxygens (including phenoxy) is 1. The SMILES string of the molecule is O=c1cc(Oc2ccccc2)oc2cc(Cl)cc(O)c12. The summed E-state index contributed by atoms with van der Waals surface area (Å²) < 4.78 is 10.9. The van der Waals surface area contributed by atoms with E-state index in [2.05, 4.69) is 0 Å². The van der Waals surface area contributed by atoms with Crippen LogP contribution in [0.15, 0.2) is 57.7 Å². The highest BCUT2D eigenvalue weighted by atomic mass is 35.5. The maximum absolute atomic E-state index is 12.0. The average Bonchev–Trinajstić information content (AvgIpc) is 2.38. The molecule has 0 aliphatic heterocycles. The van der Waals surface area contributed by atoms with Crippen molar-refractivity contribution in [2.75, 3.05) is 0 Å². The minimum absolute atomic E-state index is 0.0374. The lowest BCUT2D eigenvalue weighted by atomic mass is 10.2. The molecule has 100 valence electrons. The summed E-state index contributed by atoms with van der Waals surface area (Å²) in [5, 5.41) is 10.1. The Labute approximate surface area is 118 Å². The molecular weight excluding hydrogens is 280 g/mol. The van der Waals surface area contributed by atoms with Gasteiger partial charge in [0.15, 0.2) is 5.43 Å². The maximum atomic E-state index is 12.0. The van der Waals surface area contributed by atoms with E-state index >= 15 is 0 Å². The second kappa shape index (κ2) is 4.90. The molecule has 0 radical (unpaired) electrons. The Bertz CT molecular complexity index is 824. The molecule has 1 aromatic heterocycles. The number of hydrogen-bond acceptors (Lipinski definition) is 4. The predicted molar refractivity (Wildman–Crippen MR) is 75.7 cm³/mol. The van der Waals surface area contributed by atoms with Gasteiger partial charge in [-0.15, -0.1) is 0 Å². The first kappa shape index (κ1) is 12.6. The van der Waals surface area contributed by atoms with E-state index in [9.17, 15) is 9.90 Å². The van der Waals surface area contributed by atoms with Crippen molar-refractivity contribution < 1.29 is 14.3 Å². The smallest absolute Gasteiger partial charge is 0.294 e. The third-order valence-corrected chi connectivity index (χ3v) is 2.93. The zero-order valence-electron chi connectivity index (χ0n) is 10.2. The number of rotatable bonds is 2. The van der Waals surface area contributed by atoms with Crippen LogP contribution in [0.1, 0.15) is 0 Å². The van der Waals surface area contributed by atoms with Crippen LogP contribution in [0.5, 0.6) is 17.4 Å². The summed E-state index contributed by atoms with van der Waals surface area (Å²) in [5.41, 5.74) is -0.222. The van der Waals surface area contributed by atoms with Gasteiger partial charge in [0.25, 0.3) is 5.95 Å². The van der Waals surface area contributed by atoms with E-state index in [4.69, 9.17) is 20.8 Å². The summed E-state index contributed by atoms with van der Waals surface area (Å²) in [7, 11) is 0. The van der Waals surface area contributed by atoms with E-state index in [0.717, 1.165) is 0 Å².